The van der Waals surface area contributed by atoms with Crippen LogP contribution in [0.4, 0.5) is 4.39 Å². The number of halogens is 1. The fraction of sp³-hybridized carbons (Fsp3) is 0.471. The number of thioether (sulfide) groups is 1. The van der Waals surface area contributed by atoms with Crippen molar-refractivity contribution in [3.05, 3.63) is 30.1 Å². The second-order valence-corrected chi connectivity index (χ2v) is 7.33. The lowest BCUT2D eigenvalue weighted by molar-refractivity contribution is -0.902. The van der Waals surface area contributed by atoms with Gasteiger partial charge in [-0.05, 0) is 26.0 Å². The largest absolute Gasteiger partial charge is 0.411 e. The quantitative estimate of drug-likeness (QED) is 0.804. The molecule has 0 saturated carbocycles. The van der Waals surface area contributed by atoms with Gasteiger partial charge in [0.05, 0.1) is 43.5 Å². The molecule has 1 aliphatic heterocycles. The zero-order valence-corrected chi connectivity index (χ0v) is 15.2. The van der Waals surface area contributed by atoms with E-state index in [0.717, 1.165) is 32.7 Å². The monoisotopic (exact) mass is 365 g/mol. The maximum absolute atomic E-state index is 13.8. The van der Waals surface area contributed by atoms with E-state index < -0.39 is 5.82 Å². The van der Waals surface area contributed by atoms with Crippen molar-refractivity contribution >= 4 is 17.7 Å². The third-order valence-electron chi connectivity index (χ3n) is 4.42. The Kier molecular flexibility index (Phi) is 5.70. The second kappa shape index (κ2) is 7.97. The normalized spacial score (nSPS) is 16.8. The van der Waals surface area contributed by atoms with Crippen molar-refractivity contribution in [2.75, 3.05) is 32.7 Å². The number of carbonyl (C=O) groups is 1. The summed E-state index contributed by atoms with van der Waals surface area (Å²) in [6.45, 7) is 8.60. The SMILES string of the molecule is CC[NH+]1CCN(C(=O)[C@H](C)Sc2nnc(-c3ccccc3F)o2)CC1. The van der Waals surface area contributed by atoms with Crippen molar-refractivity contribution in [1.82, 2.24) is 15.1 Å². The van der Waals surface area contributed by atoms with Gasteiger partial charge in [-0.1, -0.05) is 23.9 Å². The maximum atomic E-state index is 13.8. The predicted octanol–water partition coefficient (Wildman–Crippen LogP) is 1.10. The first-order chi connectivity index (χ1) is 12.1. The summed E-state index contributed by atoms with van der Waals surface area (Å²) in [5.41, 5.74) is 0.263. The third kappa shape index (κ3) is 4.19. The van der Waals surface area contributed by atoms with Crippen molar-refractivity contribution in [3.8, 4) is 11.5 Å². The molecule has 2 heterocycles. The van der Waals surface area contributed by atoms with Gasteiger partial charge in [-0.2, -0.15) is 0 Å². The van der Waals surface area contributed by atoms with E-state index in [2.05, 4.69) is 17.1 Å². The summed E-state index contributed by atoms with van der Waals surface area (Å²) < 4.78 is 19.3. The van der Waals surface area contributed by atoms with Gasteiger partial charge in [0, 0.05) is 0 Å². The molecule has 3 rings (SSSR count). The molecule has 8 heteroatoms. The van der Waals surface area contributed by atoms with E-state index in [9.17, 15) is 9.18 Å². The number of nitrogens with one attached hydrogen (secondary N) is 1. The molecule has 1 atom stereocenters. The fourth-order valence-corrected chi connectivity index (χ4v) is 3.62. The minimum Gasteiger partial charge on any atom is -0.411 e. The summed E-state index contributed by atoms with van der Waals surface area (Å²) >= 11 is 1.21. The number of hydrogen-bond donors (Lipinski definition) is 1. The average Bonchev–Trinajstić information content (AvgIpc) is 3.09. The minimum atomic E-state index is -0.414. The molecular weight excluding hydrogens is 343 g/mol. The van der Waals surface area contributed by atoms with Gasteiger partial charge in [0.2, 0.25) is 5.91 Å². The molecule has 1 N–H and O–H groups in total. The Morgan fingerprint density at radius 2 is 2.08 bits per heavy atom. The fourth-order valence-electron chi connectivity index (χ4n) is 2.86. The standard InChI is InChI=1S/C17H21FN4O2S/c1-3-21-8-10-22(11-9-21)16(23)12(2)25-17-20-19-15(24-17)13-6-4-5-7-14(13)18/h4-7,12H,3,8-11H2,1-2H3/p+1/t12-/m0/s1. The van der Waals surface area contributed by atoms with Gasteiger partial charge in [0.15, 0.2) is 0 Å². The van der Waals surface area contributed by atoms with E-state index in [4.69, 9.17) is 4.42 Å². The van der Waals surface area contributed by atoms with Gasteiger partial charge < -0.3 is 14.2 Å². The van der Waals surface area contributed by atoms with Gasteiger partial charge in [-0.25, -0.2) is 4.39 Å². The highest BCUT2D eigenvalue weighted by Crippen LogP contribution is 2.28. The number of aromatic nitrogens is 2. The summed E-state index contributed by atoms with van der Waals surface area (Å²) in [7, 11) is 0. The highest BCUT2D eigenvalue weighted by molar-refractivity contribution is 8.00. The summed E-state index contributed by atoms with van der Waals surface area (Å²) in [4.78, 5) is 16.0. The lowest BCUT2D eigenvalue weighted by Gasteiger charge is -2.32. The molecule has 0 spiro atoms. The first-order valence-corrected chi connectivity index (χ1v) is 9.34. The Morgan fingerprint density at radius 1 is 1.36 bits per heavy atom. The molecule has 134 valence electrons. The Balaban J connectivity index is 1.61. The lowest BCUT2D eigenvalue weighted by Crippen LogP contribution is -3.14. The number of rotatable bonds is 5. The molecule has 6 nitrogen and oxygen atoms in total. The van der Waals surface area contributed by atoms with E-state index in [-0.39, 0.29) is 27.8 Å². The van der Waals surface area contributed by atoms with Crippen LogP contribution in [0.3, 0.4) is 0 Å². The number of nitrogens with zero attached hydrogens (tertiary/aromatic N) is 3. The molecule has 1 aromatic heterocycles. The molecule has 0 aliphatic carbocycles. The van der Waals surface area contributed by atoms with E-state index in [1.807, 2.05) is 11.8 Å². The molecule has 1 amide bonds. The van der Waals surface area contributed by atoms with Crippen LogP contribution < -0.4 is 4.90 Å². The predicted molar refractivity (Wildman–Crippen MR) is 92.8 cm³/mol. The molecule has 0 radical (unpaired) electrons. The molecule has 1 aliphatic rings. The number of quaternary nitrogens is 1. The van der Waals surface area contributed by atoms with Crippen molar-refractivity contribution in [1.29, 1.82) is 0 Å². The Morgan fingerprint density at radius 3 is 2.76 bits per heavy atom. The van der Waals surface area contributed by atoms with Crippen LogP contribution in [0.2, 0.25) is 0 Å². The van der Waals surface area contributed by atoms with Gasteiger partial charge in [0.25, 0.3) is 11.1 Å². The first kappa shape index (κ1) is 17.9. The number of benzene rings is 1. The van der Waals surface area contributed by atoms with Gasteiger partial charge >= 0.3 is 0 Å². The highest BCUT2D eigenvalue weighted by atomic mass is 32.2. The molecule has 2 aromatic rings. The molecule has 0 bridgehead atoms. The summed E-state index contributed by atoms with van der Waals surface area (Å²) in [6.07, 6.45) is 0. The van der Waals surface area contributed by atoms with Crippen LogP contribution in [-0.4, -0.2) is 59.0 Å². The van der Waals surface area contributed by atoms with E-state index in [0.29, 0.717) is 0 Å². The third-order valence-corrected chi connectivity index (χ3v) is 5.34. The zero-order chi connectivity index (χ0) is 17.8. The Bertz CT molecular complexity index is 731. The van der Waals surface area contributed by atoms with Crippen LogP contribution in [0, 0.1) is 5.82 Å². The number of hydrogen-bond acceptors (Lipinski definition) is 5. The van der Waals surface area contributed by atoms with Crippen LogP contribution in [0.15, 0.2) is 33.9 Å². The molecule has 0 unspecified atom stereocenters. The number of carbonyl (C=O) groups excluding carboxylic acids is 1. The highest BCUT2D eigenvalue weighted by Gasteiger charge is 2.28. The summed E-state index contributed by atoms with van der Waals surface area (Å²) in [5.74, 6) is -0.214. The number of amides is 1. The lowest BCUT2D eigenvalue weighted by atomic mass is 10.2. The van der Waals surface area contributed by atoms with Crippen LogP contribution in [0.25, 0.3) is 11.5 Å². The van der Waals surface area contributed by atoms with Crippen molar-refractivity contribution in [3.63, 3.8) is 0 Å². The van der Waals surface area contributed by atoms with E-state index >= 15 is 0 Å². The first-order valence-electron chi connectivity index (χ1n) is 8.46. The maximum Gasteiger partial charge on any atom is 0.277 e. The van der Waals surface area contributed by atoms with Crippen LogP contribution in [-0.2, 0) is 4.79 Å². The summed E-state index contributed by atoms with van der Waals surface area (Å²) in [5, 5.41) is 7.77. The van der Waals surface area contributed by atoms with Gasteiger partial charge in [-0.15, -0.1) is 10.2 Å². The molecular formula is C17H22FN4O2S+. The molecule has 25 heavy (non-hydrogen) atoms. The zero-order valence-electron chi connectivity index (χ0n) is 14.4. The minimum absolute atomic E-state index is 0.0748. The van der Waals surface area contributed by atoms with E-state index in [1.54, 1.807) is 18.2 Å². The molecule has 1 fully saturated rings. The number of likely N-dealkylation sites (N-methyl/N-ethyl adjacent to an activating group) is 1. The average molecular weight is 365 g/mol. The second-order valence-electron chi connectivity index (χ2n) is 6.04. The molecule has 1 saturated heterocycles. The van der Waals surface area contributed by atoms with Crippen LogP contribution in [0.5, 0.6) is 0 Å². The topological polar surface area (TPSA) is 63.7 Å². The smallest absolute Gasteiger partial charge is 0.277 e. The van der Waals surface area contributed by atoms with Crippen molar-refractivity contribution in [2.24, 2.45) is 0 Å². The molecule has 1 aromatic carbocycles. The Hall–Kier alpha value is -1.93. The Labute approximate surface area is 150 Å². The van der Waals surface area contributed by atoms with Crippen LogP contribution in [0.1, 0.15) is 13.8 Å². The van der Waals surface area contributed by atoms with Gasteiger partial charge in [-0.3, -0.25) is 4.79 Å². The van der Waals surface area contributed by atoms with E-state index in [1.165, 1.54) is 22.7 Å². The van der Waals surface area contributed by atoms with Crippen LogP contribution >= 0.6 is 11.8 Å². The van der Waals surface area contributed by atoms with Crippen molar-refractivity contribution < 1.29 is 18.5 Å². The summed E-state index contributed by atoms with van der Waals surface area (Å²) in [6, 6.07) is 6.24. The van der Waals surface area contributed by atoms with Crippen molar-refractivity contribution in [2.45, 2.75) is 24.3 Å². The number of piperazine rings is 1. The van der Waals surface area contributed by atoms with Gasteiger partial charge in [0.1, 0.15) is 5.82 Å².